The minimum absolute atomic E-state index is 0.0568. The normalized spacial score (nSPS) is 17.5. The number of nitrogens with zero attached hydrogens (tertiary/aromatic N) is 3. The minimum atomic E-state index is -0.187. The van der Waals surface area contributed by atoms with Crippen LogP contribution in [0.4, 0.5) is 11.6 Å². The Hall–Kier alpha value is -2.43. The Kier molecular flexibility index (Phi) is 6.01. The molecule has 1 N–H and O–H groups in total. The molecule has 1 fully saturated rings. The predicted molar refractivity (Wildman–Crippen MR) is 115 cm³/mol. The van der Waals surface area contributed by atoms with Crippen LogP contribution in [0, 0.1) is 6.92 Å². The van der Waals surface area contributed by atoms with E-state index in [1.54, 1.807) is 6.07 Å². The molecule has 5 nitrogen and oxygen atoms in total. The van der Waals surface area contributed by atoms with Gasteiger partial charge in [0.25, 0.3) is 5.91 Å². The van der Waals surface area contributed by atoms with Gasteiger partial charge in [-0.2, -0.15) is 0 Å². The molecule has 3 rings (SSSR count). The lowest BCUT2D eigenvalue weighted by molar-refractivity contribution is 0.102. The van der Waals surface area contributed by atoms with Gasteiger partial charge < -0.3 is 10.2 Å². The number of amides is 1. The summed E-state index contributed by atoms with van der Waals surface area (Å²) in [6.07, 6.45) is 4.62. The topological polar surface area (TPSA) is 58.1 Å². The van der Waals surface area contributed by atoms with Gasteiger partial charge in [-0.1, -0.05) is 45.9 Å². The average molecular weight is 381 g/mol. The van der Waals surface area contributed by atoms with Gasteiger partial charge in [0.15, 0.2) is 0 Å². The number of aromatic nitrogens is 2. The first-order valence-electron chi connectivity index (χ1n) is 10.3. The summed E-state index contributed by atoms with van der Waals surface area (Å²) in [5, 5.41) is 3.07. The smallest absolute Gasteiger partial charge is 0.274 e. The Bertz CT molecular complexity index is 841. The lowest BCUT2D eigenvalue weighted by Gasteiger charge is -2.35. The highest BCUT2D eigenvalue weighted by atomic mass is 16.1. The van der Waals surface area contributed by atoms with Crippen LogP contribution in [-0.4, -0.2) is 28.5 Å². The van der Waals surface area contributed by atoms with Gasteiger partial charge in [-0.3, -0.25) is 4.79 Å². The van der Waals surface area contributed by atoms with Gasteiger partial charge in [-0.05, 0) is 55.7 Å². The fraction of sp³-hybridized carbons (Fsp3) is 0.522. The summed E-state index contributed by atoms with van der Waals surface area (Å²) in [4.78, 5) is 24.6. The predicted octanol–water partition coefficient (Wildman–Crippen LogP) is 5.10. The number of hydrogen-bond donors (Lipinski definition) is 1. The summed E-state index contributed by atoms with van der Waals surface area (Å²) in [7, 11) is 0. The van der Waals surface area contributed by atoms with Crippen LogP contribution in [0.3, 0.4) is 0 Å². The third-order valence-electron chi connectivity index (χ3n) is 5.41. The zero-order chi connectivity index (χ0) is 20.3. The molecular formula is C23H32N4O. The molecule has 150 valence electrons. The largest absolute Gasteiger partial charge is 0.338 e. The van der Waals surface area contributed by atoms with Crippen LogP contribution >= 0.6 is 0 Å². The van der Waals surface area contributed by atoms with Crippen molar-refractivity contribution in [3.8, 4) is 0 Å². The molecule has 0 bridgehead atoms. The van der Waals surface area contributed by atoms with E-state index in [1.807, 2.05) is 25.1 Å². The molecule has 1 amide bonds. The van der Waals surface area contributed by atoms with Gasteiger partial charge in [0.05, 0.1) is 0 Å². The Labute approximate surface area is 168 Å². The van der Waals surface area contributed by atoms with Crippen LogP contribution in [0.25, 0.3) is 0 Å². The first-order chi connectivity index (χ1) is 13.3. The molecule has 0 radical (unpaired) electrons. The highest BCUT2D eigenvalue weighted by molar-refractivity contribution is 6.03. The van der Waals surface area contributed by atoms with E-state index in [1.165, 1.54) is 6.42 Å². The van der Waals surface area contributed by atoms with Crippen molar-refractivity contribution in [3.63, 3.8) is 0 Å². The van der Waals surface area contributed by atoms with Crippen molar-refractivity contribution in [2.75, 3.05) is 16.8 Å². The molecule has 1 aliphatic rings. The quantitative estimate of drug-likeness (QED) is 0.801. The van der Waals surface area contributed by atoms with E-state index in [0.29, 0.717) is 17.7 Å². The van der Waals surface area contributed by atoms with Crippen LogP contribution in [0.1, 0.15) is 75.1 Å². The Balaban J connectivity index is 1.88. The number of rotatable bonds is 4. The van der Waals surface area contributed by atoms with Crippen molar-refractivity contribution in [3.05, 3.63) is 47.3 Å². The molecule has 5 heteroatoms. The summed E-state index contributed by atoms with van der Waals surface area (Å²) in [5.74, 6) is 0.495. The number of para-hydroxylation sites is 1. The number of hydrogen-bond acceptors (Lipinski definition) is 4. The molecule has 0 spiro atoms. The van der Waals surface area contributed by atoms with Gasteiger partial charge in [0, 0.05) is 24.0 Å². The van der Waals surface area contributed by atoms with Crippen LogP contribution in [-0.2, 0) is 5.41 Å². The molecule has 1 aliphatic heterocycles. The summed E-state index contributed by atoms with van der Waals surface area (Å²) >= 11 is 0. The van der Waals surface area contributed by atoms with Gasteiger partial charge in [-0.25, -0.2) is 9.97 Å². The molecule has 1 atom stereocenters. The number of piperidine rings is 1. The molecule has 1 unspecified atom stereocenters. The SMILES string of the molecule is CCC1CCCCN1c1nc(C)cc(C(=O)Nc2ccccc2C(C)(C)C)n1. The molecule has 0 saturated carbocycles. The maximum Gasteiger partial charge on any atom is 0.274 e. The fourth-order valence-electron chi connectivity index (χ4n) is 3.92. The maximum absolute atomic E-state index is 13.0. The monoisotopic (exact) mass is 380 g/mol. The summed E-state index contributed by atoms with van der Waals surface area (Å²) in [6.45, 7) is 11.5. The standard InChI is InChI=1S/C23H32N4O/c1-6-17-11-9-10-14-27(17)22-24-16(2)15-20(26-22)21(28)25-19-13-8-7-12-18(19)23(3,4)5/h7-8,12-13,15,17H,6,9-11,14H2,1-5H3,(H,25,28). The number of aryl methyl sites for hydroxylation is 1. The lowest BCUT2D eigenvalue weighted by Crippen LogP contribution is -2.40. The van der Waals surface area contributed by atoms with E-state index >= 15 is 0 Å². The molecular weight excluding hydrogens is 348 g/mol. The average Bonchev–Trinajstić information content (AvgIpc) is 2.67. The Morgan fingerprint density at radius 3 is 2.68 bits per heavy atom. The highest BCUT2D eigenvalue weighted by Crippen LogP contribution is 2.30. The lowest BCUT2D eigenvalue weighted by atomic mass is 9.86. The summed E-state index contributed by atoms with van der Waals surface area (Å²) in [6, 6.07) is 10.2. The van der Waals surface area contributed by atoms with E-state index in [4.69, 9.17) is 0 Å². The fourth-order valence-corrected chi connectivity index (χ4v) is 3.92. The number of nitrogens with one attached hydrogen (secondary N) is 1. The highest BCUT2D eigenvalue weighted by Gasteiger charge is 2.25. The summed E-state index contributed by atoms with van der Waals surface area (Å²) in [5.41, 5.74) is 3.13. The molecule has 1 saturated heterocycles. The van der Waals surface area contributed by atoms with Crippen molar-refractivity contribution in [1.82, 2.24) is 9.97 Å². The van der Waals surface area contributed by atoms with Gasteiger partial charge >= 0.3 is 0 Å². The van der Waals surface area contributed by atoms with E-state index in [2.05, 4.69) is 53.9 Å². The minimum Gasteiger partial charge on any atom is -0.338 e. The zero-order valence-electron chi connectivity index (χ0n) is 17.7. The third kappa shape index (κ3) is 4.51. The number of benzene rings is 1. The molecule has 2 aromatic rings. The molecule has 28 heavy (non-hydrogen) atoms. The van der Waals surface area contributed by atoms with Crippen LogP contribution in [0.15, 0.2) is 30.3 Å². The van der Waals surface area contributed by atoms with E-state index in [-0.39, 0.29) is 11.3 Å². The van der Waals surface area contributed by atoms with Gasteiger partial charge in [0.2, 0.25) is 5.95 Å². The second kappa shape index (κ2) is 8.29. The molecule has 0 aliphatic carbocycles. The van der Waals surface area contributed by atoms with Crippen LogP contribution < -0.4 is 10.2 Å². The number of carbonyl (C=O) groups is 1. The van der Waals surface area contributed by atoms with Gasteiger partial charge in [0.1, 0.15) is 5.69 Å². The third-order valence-corrected chi connectivity index (χ3v) is 5.41. The molecule has 2 heterocycles. The van der Waals surface area contributed by atoms with Crippen molar-refractivity contribution in [2.24, 2.45) is 0 Å². The number of carbonyl (C=O) groups excluding carboxylic acids is 1. The first kappa shape index (κ1) is 20.3. The van der Waals surface area contributed by atoms with E-state index in [9.17, 15) is 4.79 Å². The van der Waals surface area contributed by atoms with Crippen molar-refractivity contribution < 1.29 is 4.79 Å². The van der Waals surface area contributed by atoms with Crippen molar-refractivity contribution in [2.45, 2.75) is 71.8 Å². The van der Waals surface area contributed by atoms with Crippen molar-refractivity contribution >= 4 is 17.5 Å². The Morgan fingerprint density at radius 2 is 1.96 bits per heavy atom. The second-order valence-corrected chi connectivity index (χ2v) is 8.70. The molecule has 1 aromatic carbocycles. The van der Waals surface area contributed by atoms with Gasteiger partial charge in [-0.15, -0.1) is 0 Å². The Morgan fingerprint density at radius 1 is 1.21 bits per heavy atom. The number of anilines is 2. The van der Waals surface area contributed by atoms with Crippen LogP contribution in [0.5, 0.6) is 0 Å². The van der Waals surface area contributed by atoms with Crippen molar-refractivity contribution in [1.29, 1.82) is 0 Å². The first-order valence-corrected chi connectivity index (χ1v) is 10.3. The van der Waals surface area contributed by atoms with Crippen LogP contribution in [0.2, 0.25) is 0 Å². The summed E-state index contributed by atoms with van der Waals surface area (Å²) < 4.78 is 0. The maximum atomic E-state index is 13.0. The van der Waals surface area contributed by atoms with E-state index in [0.717, 1.165) is 42.8 Å². The zero-order valence-corrected chi connectivity index (χ0v) is 17.7. The van der Waals surface area contributed by atoms with E-state index < -0.39 is 0 Å². The second-order valence-electron chi connectivity index (χ2n) is 8.70. The molecule has 1 aromatic heterocycles.